The van der Waals surface area contributed by atoms with Crippen LogP contribution < -0.4 is 4.52 Å². The van der Waals surface area contributed by atoms with Crippen molar-refractivity contribution >= 4 is 78.5 Å². The van der Waals surface area contributed by atoms with Crippen molar-refractivity contribution in [3.63, 3.8) is 0 Å². The molecule has 0 spiro atoms. The number of rotatable bonds is 3. The second kappa shape index (κ2) is 8.12. The fraction of sp³-hybridized carbons (Fsp3) is 0.625. The minimum absolute atomic E-state index is 0. The van der Waals surface area contributed by atoms with E-state index >= 15 is 0 Å². The van der Waals surface area contributed by atoms with E-state index in [4.69, 9.17) is 40.4 Å². The number of ether oxygens (including phenoxy) is 1. The molecule has 2 saturated heterocycles. The van der Waals surface area contributed by atoms with Crippen LogP contribution in [0, 0.1) is 10.8 Å². The summed E-state index contributed by atoms with van der Waals surface area (Å²) in [4.78, 5) is 29.4. The van der Waals surface area contributed by atoms with Gasteiger partial charge in [-0.2, -0.15) is 4.89 Å². The van der Waals surface area contributed by atoms with Crippen molar-refractivity contribution in [3.8, 4) is 5.75 Å². The molecule has 1 aromatic carbocycles. The number of hydrogen-bond acceptors (Lipinski definition) is 5. The summed E-state index contributed by atoms with van der Waals surface area (Å²) in [5, 5.41) is 0.0716. The fourth-order valence-electron chi connectivity index (χ4n) is 4.14. The molecule has 142 valence electrons. The maximum Gasteiger partial charge on any atom is 0.524 e. The van der Waals surface area contributed by atoms with E-state index in [1.54, 1.807) is 6.07 Å². The number of benzene rings is 1. The van der Waals surface area contributed by atoms with Gasteiger partial charge in [-0.15, -0.1) is 0 Å². The van der Waals surface area contributed by atoms with Gasteiger partial charge >= 0.3 is 7.82 Å². The second-order valence-corrected chi connectivity index (χ2v) is 9.68. The molecular formula is C16H22ClNa2O7P. The van der Waals surface area contributed by atoms with Crippen LogP contribution in [-0.2, 0) is 24.9 Å². The molecule has 2 fully saturated rings. The van der Waals surface area contributed by atoms with Crippen LogP contribution in [0.2, 0.25) is 5.02 Å². The van der Waals surface area contributed by atoms with Gasteiger partial charge in [0, 0.05) is 75.5 Å². The number of phosphoric acid groups is 1. The maximum absolute atomic E-state index is 11.2. The molecule has 2 heterocycles. The van der Waals surface area contributed by atoms with E-state index < -0.39 is 19.2 Å². The average molecular weight is 439 g/mol. The zero-order valence-corrected chi connectivity index (χ0v) is 22.4. The molecule has 3 rings (SSSR count). The summed E-state index contributed by atoms with van der Waals surface area (Å²) >= 11 is 6.01. The summed E-state index contributed by atoms with van der Waals surface area (Å²) in [5.41, 5.74) is -1.00. The van der Waals surface area contributed by atoms with E-state index in [0.717, 1.165) is 0 Å². The summed E-state index contributed by atoms with van der Waals surface area (Å²) in [5.74, 6) is -1.36. The minimum atomic E-state index is -4.76. The van der Waals surface area contributed by atoms with Crippen LogP contribution in [0.4, 0.5) is 0 Å². The minimum Gasteiger partial charge on any atom is -0.403 e. The molecule has 2 aliphatic rings. The van der Waals surface area contributed by atoms with Gasteiger partial charge in [0.25, 0.3) is 5.79 Å². The molecule has 2 aliphatic heterocycles. The third-order valence-electron chi connectivity index (χ3n) is 4.92. The van der Waals surface area contributed by atoms with Crippen LogP contribution in [0.5, 0.6) is 5.75 Å². The van der Waals surface area contributed by atoms with Gasteiger partial charge in [-0.3, -0.25) is 9.79 Å². The molecule has 0 saturated carbocycles. The standard InChI is InChI=1S/C16H22ClO7P.2Na/c1-13(2,3)16-14(4,5)9-21-15(16,23-24-16)10-6-7-11(17)12(8-10)22-25(18,19)20;;/h6-8H,9H2,1-5H3,(H2,18,19,20);;. The van der Waals surface area contributed by atoms with E-state index in [9.17, 15) is 4.57 Å². The topological polar surface area (TPSA) is 94.5 Å². The quantitative estimate of drug-likeness (QED) is 0.425. The zero-order chi connectivity index (χ0) is 18.9. The molecule has 2 atom stereocenters. The Morgan fingerprint density at radius 2 is 1.78 bits per heavy atom. The molecule has 2 N–H and O–H groups in total. The molecule has 0 amide bonds. The van der Waals surface area contributed by atoms with Gasteiger partial charge in [0.15, 0.2) is 11.4 Å². The van der Waals surface area contributed by atoms with E-state index in [2.05, 4.69) is 0 Å². The number of halogens is 1. The Hall–Kier alpha value is 1.34. The number of phosphoric ester groups is 1. The smallest absolute Gasteiger partial charge is 0.403 e. The Balaban J connectivity index is 0.00000182. The van der Waals surface area contributed by atoms with Gasteiger partial charge in [0.2, 0.25) is 0 Å². The molecule has 7 nitrogen and oxygen atoms in total. The zero-order valence-electron chi connectivity index (χ0n) is 16.7. The first-order valence-corrected chi connectivity index (χ1v) is 9.73. The molecular weight excluding hydrogens is 417 g/mol. The maximum atomic E-state index is 11.2. The normalized spacial score (nSPS) is 29.0. The molecule has 2 radical (unpaired) electrons. The van der Waals surface area contributed by atoms with Crippen LogP contribution in [0.25, 0.3) is 0 Å². The van der Waals surface area contributed by atoms with E-state index in [0.29, 0.717) is 12.2 Å². The van der Waals surface area contributed by atoms with Crippen molar-refractivity contribution in [2.45, 2.75) is 46.0 Å². The Morgan fingerprint density at radius 1 is 1.19 bits per heavy atom. The first-order valence-electron chi connectivity index (χ1n) is 7.82. The summed E-state index contributed by atoms with van der Waals surface area (Å²) in [6.07, 6.45) is 0. The van der Waals surface area contributed by atoms with Crippen LogP contribution in [0.15, 0.2) is 18.2 Å². The predicted molar refractivity (Wildman–Crippen MR) is 101 cm³/mol. The summed E-state index contributed by atoms with van der Waals surface area (Å²) in [6, 6.07) is 4.59. The first kappa shape index (κ1) is 26.4. The molecule has 0 bridgehead atoms. The molecule has 0 aromatic heterocycles. The SMILES string of the molecule is CC(C)(C)C12OOC1(c1ccc(Cl)c(OP(=O)(O)O)c1)OCC2(C)C.[Na].[Na]. The molecule has 11 heteroatoms. The summed E-state index contributed by atoms with van der Waals surface area (Å²) < 4.78 is 21.9. The molecule has 2 unspecified atom stereocenters. The van der Waals surface area contributed by atoms with Crippen molar-refractivity contribution in [1.82, 2.24) is 0 Å². The van der Waals surface area contributed by atoms with Crippen molar-refractivity contribution in [3.05, 3.63) is 28.8 Å². The molecule has 1 aromatic rings. The summed E-state index contributed by atoms with van der Waals surface area (Å²) in [6.45, 7) is 10.6. The van der Waals surface area contributed by atoms with Gasteiger partial charge < -0.3 is 9.26 Å². The number of hydrogen-bond donors (Lipinski definition) is 2. The Kier molecular flexibility index (Phi) is 7.93. The third kappa shape index (κ3) is 3.99. The summed E-state index contributed by atoms with van der Waals surface area (Å²) in [7, 11) is -4.76. The van der Waals surface area contributed by atoms with Crippen LogP contribution in [0.1, 0.15) is 40.2 Å². The van der Waals surface area contributed by atoms with Gasteiger partial charge in [-0.1, -0.05) is 52.3 Å². The van der Waals surface area contributed by atoms with Gasteiger partial charge in [0.1, 0.15) is 0 Å². The van der Waals surface area contributed by atoms with Gasteiger partial charge in [-0.05, 0) is 12.1 Å². The monoisotopic (exact) mass is 438 g/mol. The first-order chi connectivity index (χ1) is 11.3. The third-order valence-corrected chi connectivity index (χ3v) is 5.67. The Bertz CT molecular complexity index is 764. The van der Waals surface area contributed by atoms with Crippen LogP contribution in [0.3, 0.4) is 0 Å². The van der Waals surface area contributed by atoms with E-state index in [-0.39, 0.29) is 80.7 Å². The molecule has 0 aliphatic carbocycles. The van der Waals surface area contributed by atoms with Crippen LogP contribution in [-0.4, -0.2) is 81.1 Å². The largest absolute Gasteiger partial charge is 0.524 e. The van der Waals surface area contributed by atoms with E-state index in [1.807, 2.05) is 34.6 Å². The number of fused-ring (bicyclic) bond motifs is 1. The molecule has 27 heavy (non-hydrogen) atoms. The van der Waals surface area contributed by atoms with Crippen molar-refractivity contribution in [2.24, 2.45) is 10.8 Å². The van der Waals surface area contributed by atoms with Gasteiger partial charge in [0.05, 0.1) is 11.6 Å². The Labute approximate surface area is 208 Å². The Morgan fingerprint density at radius 3 is 2.22 bits per heavy atom. The predicted octanol–water partition coefficient (Wildman–Crippen LogP) is 3.01. The van der Waals surface area contributed by atoms with Gasteiger partial charge in [-0.25, -0.2) is 9.45 Å². The van der Waals surface area contributed by atoms with Crippen LogP contribution >= 0.6 is 19.4 Å². The van der Waals surface area contributed by atoms with E-state index in [1.165, 1.54) is 12.1 Å². The van der Waals surface area contributed by atoms with Crippen molar-refractivity contribution in [1.29, 1.82) is 0 Å². The second-order valence-electron chi connectivity index (χ2n) is 8.11. The average Bonchev–Trinajstić information content (AvgIpc) is 2.53. The van der Waals surface area contributed by atoms with Crippen molar-refractivity contribution in [2.75, 3.05) is 6.61 Å². The van der Waals surface area contributed by atoms with Crippen molar-refractivity contribution < 1.29 is 33.4 Å². The fourth-order valence-corrected chi connectivity index (χ4v) is 4.76.